The average molecular weight is 413 g/mol. The van der Waals surface area contributed by atoms with Crippen LogP contribution >= 0.6 is 0 Å². The van der Waals surface area contributed by atoms with Gasteiger partial charge in [-0.1, -0.05) is 12.1 Å². The number of likely N-dealkylation sites (N-methyl/N-ethyl adjacent to an activating group) is 1. The standard InChI is InChI=1S/C23H28FN3O3/c1-15-20-13-18(24)7-10-21(20)30-22(15)16(2)26-23(28)25-14-17-5-8-19(9-6-17)29-12-11-27(3)4/h5-10,13,16H,11-12,14H2,1-4H3,(H2,25,26,28). The Morgan fingerprint density at radius 2 is 1.93 bits per heavy atom. The molecular formula is C23H28FN3O3. The Bertz CT molecular complexity index is 999. The van der Waals surface area contributed by atoms with Gasteiger partial charge in [-0.05, 0) is 63.8 Å². The molecule has 0 saturated carbocycles. The highest BCUT2D eigenvalue weighted by atomic mass is 19.1. The SMILES string of the molecule is Cc1c(C(C)NC(=O)NCc2ccc(OCCN(C)C)cc2)oc2ccc(F)cc12. The van der Waals surface area contributed by atoms with Crippen molar-refractivity contribution in [2.75, 3.05) is 27.2 Å². The first kappa shape index (κ1) is 21.6. The minimum atomic E-state index is -0.354. The molecule has 3 aromatic rings. The van der Waals surface area contributed by atoms with E-state index in [2.05, 4.69) is 15.5 Å². The molecule has 0 aliphatic heterocycles. The predicted octanol–water partition coefficient (Wildman–Crippen LogP) is 4.38. The van der Waals surface area contributed by atoms with E-state index in [1.165, 1.54) is 12.1 Å². The lowest BCUT2D eigenvalue weighted by molar-refractivity contribution is 0.236. The van der Waals surface area contributed by atoms with Crippen molar-refractivity contribution in [1.29, 1.82) is 0 Å². The number of aryl methyl sites for hydroxylation is 1. The van der Waals surface area contributed by atoms with Crippen LogP contribution in [0.15, 0.2) is 46.9 Å². The zero-order chi connectivity index (χ0) is 21.7. The number of fused-ring (bicyclic) bond motifs is 1. The van der Waals surface area contributed by atoms with Gasteiger partial charge in [0.05, 0.1) is 6.04 Å². The van der Waals surface area contributed by atoms with E-state index in [9.17, 15) is 9.18 Å². The van der Waals surface area contributed by atoms with Crippen LogP contribution in [0, 0.1) is 12.7 Å². The summed E-state index contributed by atoms with van der Waals surface area (Å²) in [6.45, 7) is 5.56. The van der Waals surface area contributed by atoms with Crippen molar-refractivity contribution in [3.8, 4) is 5.75 Å². The van der Waals surface area contributed by atoms with Crippen molar-refractivity contribution in [3.63, 3.8) is 0 Å². The third-order valence-electron chi connectivity index (χ3n) is 4.86. The molecule has 0 radical (unpaired) electrons. The van der Waals surface area contributed by atoms with Crippen LogP contribution in [0.4, 0.5) is 9.18 Å². The van der Waals surface area contributed by atoms with Gasteiger partial charge < -0.3 is 24.7 Å². The highest BCUT2D eigenvalue weighted by molar-refractivity contribution is 5.82. The maximum atomic E-state index is 13.5. The lowest BCUT2D eigenvalue weighted by Gasteiger charge is -2.14. The number of carbonyl (C=O) groups excluding carboxylic acids is 1. The quantitative estimate of drug-likeness (QED) is 0.575. The molecule has 2 aromatic carbocycles. The second kappa shape index (κ2) is 9.63. The first-order chi connectivity index (χ1) is 14.3. The van der Waals surface area contributed by atoms with Crippen molar-refractivity contribution in [3.05, 3.63) is 65.2 Å². The summed E-state index contributed by atoms with van der Waals surface area (Å²) in [6, 6.07) is 11.4. The number of ether oxygens (including phenoxy) is 1. The van der Waals surface area contributed by atoms with Gasteiger partial charge in [0, 0.05) is 24.0 Å². The number of benzene rings is 2. The van der Waals surface area contributed by atoms with E-state index in [0.29, 0.717) is 29.9 Å². The Labute approximate surface area is 176 Å². The minimum absolute atomic E-state index is 0.306. The Kier molecular flexibility index (Phi) is 6.95. The van der Waals surface area contributed by atoms with Crippen molar-refractivity contribution < 1.29 is 18.3 Å². The molecule has 0 fully saturated rings. The molecule has 2 amide bonds. The molecule has 1 aromatic heterocycles. The number of urea groups is 1. The number of furan rings is 1. The van der Waals surface area contributed by atoms with Crippen molar-refractivity contribution in [2.24, 2.45) is 0 Å². The summed E-state index contributed by atoms with van der Waals surface area (Å²) in [7, 11) is 4.00. The molecular weight excluding hydrogens is 385 g/mol. The summed E-state index contributed by atoms with van der Waals surface area (Å²) < 4.78 is 25.0. The smallest absolute Gasteiger partial charge is 0.315 e. The van der Waals surface area contributed by atoms with Crippen molar-refractivity contribution in [1.82, 2.24) is 15.5 Å². The van der Waals surface area contributed by atoms with Crippen LogP contribution in [-0.4, -0.2) is 38.2 Å². The fourth-order valence-electron chi connectivity index (χ4n) is 3.17. The second-order valence-electron chi connectivity index (χ2n) is 7.58. The van der Waals surface area contributed by atoms with Crippen LogP contribution in [0.1, 0.15) is 29.9 Å². The molecule has 1 heterocycles. The summed E-state index contributed by atoms with van der Waals surface area (Å²) >= 11 is 0. The molecule has 7 heteroatoms. The zero-order valence-electron chi connectivity index (χ0n) is 17.8. The Balaban J connectivity index is 1.51. The number of hydrogen-bond acceptors (Lipinski definition) is 4. The zero-order valence-corrected chi connectivity index (χ0v) is 17.8. The predicted molar refractivity (Wildman–Crippen MR) is 115 cm³/mol. The summed E-state index contributed by atoms with van der Waals surface area (Å²) in [4.78, 5) is 14.4. The van der Waals surface area contributed by atoms with Crippen LogP contribution < -0.4 is 15.4 Å². The van der Waals surface area contributed by atoms with Crippen LogP contribution in [0.3, 0.4) is 0 Å². The van der Waals surface area contributed by atoms with Gasteiger partial charge >= 0.3 is 6.03 Å². The second-order valence-corrected chi connectivity index (χ2v) is 7.58. The van der Waals surface area contributed by atoms with E-state index in [1.807, 2.05) is 52.2 Å². The van der Waals surface area contributed by atoms with Gasteiger partial charge in [0.1, 0.15) is 29.5 Å². The molecule has 3 rings (SSSR count). The maximum Gasteiger partial charge on any atom is 0.315 e. The first-order valence-electron chi connectivity index (χ1n) is 9.93. The van der Waals surface area contributed by atoms with Crippen molar-refractivity contribution >= 4 is 17.0 Å². The third-order valence-corrected chi connectivity index (χ3v) is 4.86. The molecule has 30 heavy (non-hydrogen) atoms. The fraction of sp³-hybridized carbons (Fsp3) is 0.348. The number of nitrogens with zero attached hydrogens (tertiary/aromatic N) is 1. The van der Waals surface area contributed by atoms with Crippen LogP contribution in [-0.2, 0) is 6.54 Å². The van der Waals surface area contributed by atoms with Gasteiger partial charge in [0.15, 0.2) is 0 Å². The first-order valence-corrected chi connectivity index (χ1v) is 9.93. The number of amides is 2. The number of carbonyl (C=O) groups is 1. The summed E-state index contributed by atoms with van der Waals surface area (Å²) in [5, 5.41) is 6.42. The molecule has 0 saturated heterocycles. The van der Waals surface area contributed by atoms with Gasteiger partial charge in [-0.3, -0.25) is 0 Å². The van der Waals surface area contributed by atoms with Crippen molar-refractivity contribution in [2.45, 2.75) is 26.4 Å². The number of nitrogens with one attached hydrogen (secondary N) is 2. The molecule has 0 spiro atoms. The topological polar surface area (TPSA) is 66.7 Å². The molecule has 1 atom stereocenters. The lowest BCUT2D eigenvalue weighted by atomic mass is 10.1. The van der Waals surface area contributed by atoms with Gasteiger partial charge in [-0.25, -0.2) is 9.18 Å². The largest absolute Gasteiger partial charge is 0.492 e. The van der Waals surface area contributed by atoms with Crippen LogP contribution in [0.2, 0.25) is 0 Å². The maximum absolute atomic E-state index is 13.5. The van der Waals surface area contributed by atoms with E-state index in [1.54, 1.807) is 6.07 Å². The fourth-order valence-corrected chi connectivity index (χ4v) is 3.17. The van der Waals surface area contributed by atoms with Gasteiger partial charge in [-0.15, -0.1) is 0 Å². The third kappa shape index (κ3) is 5.51. The molecule has 160 valence electrons. The van der Waals surface area contributed by atoms with E-state index in [4.69, 9.17) is 9.15 Å². The highest BCUT2D eigenvalue weighted by Gasteiger charge is 2.18. The van der Waals surface area contributed by atoms with Gasteiger partial charge in [-0.2, -0.15) is 0 Å². The Hall–Kier alpha value is -3.06. The molecule has 0 aliphatic rings. The summed E-state index contributed by atoms with van der Waals surface area (Å²) in [5.41, 5.74) is 2.39. The summed E-state index contributed by atoms with van der Waals surface area (Å²) in [6.07, 6.45) is 0. The monoisotopic (exact) mass is 413 g/mol. The Morgan fingerprint density at radius 3 is 2.63 bits per heavy atom. The van der Waals surface area contributed by atoms with E-state index in [-0.39, 0.29) is 17.9 Å². The normalized spacial score (nSPS) is 12.2. The Morgan fingerprint density at radius 1 is 1.20 bits per heavy atom. The number of hydrogen-bond donors (Lipinski definition) is 2. The number of rotatable bonds is 8. The summed E-state index contributed by atoms with van der Waals surface area (Å²) in [5.74, 6) is 1.10. The van der Waals surface area contributed by atoms with Crippen LogP contribution in [0.5, 0.6) is 5.75 Å². The van der Waals surface area contributed by atoms with E-state index in [0.717, 1.165) is 23.4 Å². The number of halogens is 1. The molecule has 1 unspecified atom stereocenters. The molecule has 0 bridgehead atoms. The minimum Gasteiger partial charge on any atom is -0.492 e. The van der Waals surface area contributed by atoms with E-state index < -0.39 is 0 Å². The highest BCUT2D eigenvalue weighted by Crippen LogP contribution is 2.29. The average Bonchev–Trinajstić information content (AvgIpc) is 3.03. The molecule has 6 nitrogen and oxygen atoms in total. The van der Waals surface area contributed by atoms with Gasteiger partial charge in [0.2, 0.25) is 0 Å². The molecule has 2 N–H and O–H groups in total. The van der Waals surface area contributed by atoms with Crippen LogP contribution in [0.25, 0.3) is 11.0 Å². The molecule has 0 aliphatic carbocycles. The van der Waals surface area contributed by atoms with Gasteiger partial charge in [0.25, 0.3) is 0 Å². The van der Waals surface area contributed by atoms with E-state index >= 15 is 0 Å². The lowest BCUT2D eigenvalue weighted by Crippen LogP contribution is -2.36.